The molecule has 0 aliphatic rings. The number of aryl methyl sites for hydroxylation is 2. The number of aromatic nitrogens is 2. The summed E-state index contributed by atoms with van der Waals surface area (Å²) in [5.74, 6) is 0. The van der Waals surface area contributed by atoms with Crippen LogP contribution in [0.1, 0.15) is 29.5 Å². The van der Waals surface area contributed by atoms with Gasteiger partial charge >= 0.3 is 0 Å². The van der Waals surface area contributed by atoms with E-state index in [1.54, 1.807) is 11.3 Å². The highest BCUT2D eigenvalue weighted by molar-refractivity contribution is 7.09. The number of rotatable bonds is 6. The lowest BCUT2D eigenvalue weighted by Gasteiger charge is -2.01. The van der Waals surface area contributed by atoms with Gasteiger partial charge in [-0.3, -0.25) is 4.68 Å². The number of hydrogen-bond acceptors (Lipinski definition) is 3. The fourth-order valence-corrected chi connectivity index (χ4v) is 2.48. The van der Waals surface area contributed by atoms with Crippen molar-refractivity contribution in [2.75, 3.05) is 0 Å². The summed E-state index contributed by atoms with van der Waals surface area (Å²) in [5.41, 5.74) is 2.44. The smallest absolute Gasteiger partial charge is 0.0638 e. The number of thiophene rings is 1. The van der Waals surface area contributed by atoms with Gasteiger partial charge < -0.3 is 5.32 Å². The first kappa shape index (κ1) is 15.2. The van der Waals surface area contributed by atoms with E-state index in [0.717, 1.165) is 31.7 Å². The van der Waals surface area contributed by atoms with Gasteiger partial charge in [-0.1, -0.05) is 13.0 Å². The number of nitrogens with zero attached hydrogens (tertiary/aromatic N) is 2. The second-order valence-electron chi connectivity index (χ2n) is 4.19. The molecule has 0 aliphatic heterocycles. The predicted octanol–water partition coefficient (Wildman–Crippen LogP) is 3.37. The van der Waals surface area contributed by atoms with Crippen LogP contribution >= 0.6 is 23.7 Å². The van der Waals surface area contributed by atoms with Crippen LogP contribution in [0.3, 0.4) is 0 Å². The molecule has 1 N–H and O–H groups in total. The van der Waals surface area contributed by atoms with Crippen molar-refractivity contribution in [1.29, 1.82) is 0 Å². The summed E-state index contributed by atoms with van der Waals surface area (Å²) < 4.78 is 2.04. The van der Waals surface area contributed by atoms with Gasteiger partial charge in [0.1, 0.15) is 0 Å². The van der Waals surface area contributed by atoms with Gasteiger partial charge in [-0.25, -0.2) is 0 Å². The van der Waals surface area contributed by atoms with Crippen molar-refractivity contribution in [1.82, 2.24) is 15.1 Å². The molecule has 3 nitrogen and oxygen atoms in total. The maximum absolute atomic E-state index is 4.50. The molecular weight excluding hydrogens is 266 g/mol. The highest BCUT2D eigenvalue weighted by atomic mass is 35.5. The molecule has 0 atom stereocenters. The van der Waals surface area contributed by atoms with Crippen molar-refractivity contribution < 1.29 is 0 Å². The molecule has 100 valence electrons. The summed E-state index contributed by atoms with van der Waals surface area (Å²) in [4.78, 5) is 1.38. The molecule has 0 aromatic carbocycles. The number of hydrogen-bond donors (Lipinski definition) is 1. The molecule has 0 radical (unpaired) electrons. The van der Waals surface area contributed by atoms with E-state index in [9.17, 15) is 0 Å². The fourth-order valence-electron chi connectivity index (χ4n) is 1.81. The van der Waals surface area contributed by atoms with Crippen molar-refractivity contribution in [3.05, 3.63) is 39.8 Å². The van der Waals surface area contributed by atoms with Crippen LogP contribution in [-0.4, -0.2) is 9.78 Å². The zero-order chi connectivity index (χ0) is 12.1. The number of halogens is 1. The van der Waals surface area contributed by atoms with Crippen molar-refractivity contribution in [3.63, 3.8) is 0 Å². The molecule has 0 bridgehead atoms. The van der Waals surface area contributed by atoms with Gasteiger partial charge in [0.25, 0.3) is 0 Å². The third kappa shape index (κ3) is 4.12. The van der Waals surface area contributed by atoms with Gasteiger partial charge in [0.2, 0.25) is 0 Å². The van der Waals surface area contributed by atoms with Gasteiger partial charge in [-0.2, -0.15) is 5.10 Å². The van der Waals surface area contributed by atoms with Gasteiger partial charge in [-0.05, 0) is 24.8 Å². The maximum Gasteiger partial charge on any atom is 0.0638 e. The molecule has 0 saturated heterocycles. The minimum absolute atomic E-state index is 0. The Balaban J connectivity index is 0.00000162. The monoisotopic (exact) mass is 285 g/mol. The van der Waals surface area contributed by atoms with E-state index in [4.69, 9.17) is 0 Å². The van der Waals surface area contributed by atoms with Crippen LogP contribution in [0.4, 0.5) is 0 Å². The average Bonchev–Trinajstić information content (AvgIpc) is 2.90. The van der Waals surface area contributed by atoms with E-state index in [2.05, 4.69) is 48.0 Å². The molecule has 0 unspecified atom stereocenters. The molecule has 5 heteroatoms. The normalized spacial score (nSPS) is 10.3. The molecule has 2 rings (SSSR count). The topological polar surface area (TPSA) is 29.9 Å². The van der Waals surface area contributed by atoms with Crippen molar-refractivity contribution in [2.45, 2.75) is 39.9 Å². The molecule has 0 aliphatic carbocycles. The lowest BCUT2D eigenvalue weighted by Crippen LogP contribution is -2.11. The van der Waals surface area contributed by atoms with Crippen LogP contribution in [0.15, 0.2) is 23.7 Å². The Bertz CT molecular complexity index is 451. The minimum Gasteiger partial charge on any atom is -0.308 e. The summed E-state index contributed by atoms with van der Waals surface area (Å²) in [7, 11) is 0. The standard InChI is InChI=1S/C13H19N3S.ClH/c1-3-6-16-10-12(11(2)15-16)8-14-9-13-5-4-7-17-13;/h4-5,7,10,14H,3,6,8-9H2,1-2H3;1H. The first-order valence-corrected chi connectivity index (χ1v) is 6.93. The van der Waals surface area contributed by atoms with Crippen LogP contribution < -0.4 is 5.32 Å². The van der Waals surface area contributed by atoms with Crippen molar-refractivity contribution in [2.24, 2.45) is 0 Å². The van der Waals surface area contributed by atoms with E-state index >= 15 is 0 Å². The van der Waals surface area contributed by atoms with E-state index in [1.807, 2.05) is 4.68 Å². The molecule has 2 aromatic rings. The SMILES string of the molecule is CCCn1cc(CNCc2cccs2)c(C)n1.Cl. The molecule has 2 heterocycles. The van der Waals surface area contributed by atoms with E-state index < -0.39 is 0 Å². The molecule has 18 heavy (non-hydrogen) atoms. The molecule has 0 fully saturated rings. The summed E-state index contributed by atoms with van der Waals surface area (Å²) in [6.07, 6.45) is 3.28. The Kier molecular flexibility index (Phi) is 6.39. The van der Waals surface area contributed by atoms with Crippen LogP contribution in [0.5, 0.6) is 0 Å². The van der Waals surface area contributed by atoms with E-state index in [-0.39, 0.29) is 12.4 Å². The zero-order valence-corrected chi connectivity index (χ0v) is 12.5. The van der Waals surface area contributed by atoms with Gasteiger partial charge in [-0.15, -0.1) is 23.7 Å². The summed E-state index contributed by atoms with van der Waals surface area (Å²) >= 11 is 1.79. The Hall–Kier alpha value is -0.840. The fraction of sp³-hybridized carbons (Fsp3) is 0.462. The second kappa shape index (κ2) is 7.56. The summed E-state index contributed by atoms with van der Waals surface area (Å²) in [5, 5.41) is 10.1. The van der Waals surface area contributed by atoms with Crippen molar-refractivity contribution >= 4 is 23.7 Å². The summed E-state index contributed by atoms with van der Waals surface area (Å²) in [6.45, 7) is 7.09. The van der Waals surface area contributed by atoms with Crippen LogP contribution in [0.25, 0.3) is 0 Å². The maximum atomic E-state index is 4.50. The Morgan fingerprint density at radius 3 is 2.89 bits per heavy atom. The Morgan fingerprint density at radius 1 is 1.39 bits per heavy atom. The lowest BCUT2D eigenvalue weighted by atomic mass is 10.2. The van der Waals surface area contributed by atoms with Crippen LogP contribution in [0.2, 0.25) is 0 Å². The average molecular weight is 286 g/mol. The van der Waals surface area contributed by atoms with Crippen LogP contribution in [-0.2, 0) is 19.6 Å². The molecular formula is C13H20ClN3S. The van der Waals surface area contributed by atoms with E-state index in [0.29, 0.717) is 0 Å². The second-order valence-corrected chi connectivity index (χ2v) is 5.22. The highest BCUT2D eigenvalue weighted by Crippen LogP contribution is 2.09. The molecule has 0 amide bonds. The van der Waals surface area contributed by atoms with Gasteiger partial charge in [0.15, 0.2) is 0 Å². The molecule has 0 spiro atoms. The largest absolute Gasteiger partial charge is 0.308 e. The first-order valence-electron chi connectivity index (χ1n) is 6.05. The lowest BCUT2D eigenvalue weighted by molar-refractivity contribution is 0.597. The zero-order valence-electron chi connectivity index (χ0n) is 10.8. The Morgan fingerprint density at radius 2 is 2.22 bits per heavy atom. The van der Waals surface area contributed by atoms with Crippen molar-refractivity contribution in [3.8, 4) is 0 Å². The number of nitrogens with one attached hydrogen (secondary N) is 1. The highest BCUT2D eigenvalue weighted by Gasteiger charge is 2.04. The van der Waals surface area contributed by atoms with E-state index in [1.165, 1.54) is 10.4 Å². The van der Waals surface area contributed by atoms with Gasteiger partial charge in [0, 0.05) is 36.3 Å². The van der Waals surface area contributed by atoms with Crippen LogP contribution in [0, 0.1) is 6.92 Å². The third-order valence-corrected chi connectivity index (χ3v) is 3.57. The quantitative estimate of drug-likeness (QED) is 0.882. The minimum atomic E-state index is 0. The summed E-state index contributed by atoms with van der Waals surface area (Å²) in [6, 6.07) is 4.25. The Labute approximate surface area is 119 Å². The predicted molar refractivity (Wildman–Crippen MR) is 79.4 cm³/mol. The molecule has 0 saturated carbocycles. The third-order valence-electron chi connectivity index (χ3n) is 2.70. The van der Waals surface area contributed by atoms with Gasteiger partial charge in [0.05, 0.1) is 5.69 Å². The first-order chi connectivity index (χ1) is 8.29. The molecule has 2 aromatic heterocycles.